The Kier molecular flexibility index (Phi) is 8.93. The van der Waals surface area contributed by atoms with Crippen molar-refractivity contribution in [3.8, 4) is 0 Å². The first-order valence-electron chi connectivity index (χ1n) is 14.3. The Morgan fingerprint density at radius 2 is 1.78 bits per heavy atom. The number of hydrogen-bond acceptors (Lipinski definition) is 5. The average Bonchev–Trinajstić information content (AvgIpc) is 3.66. The molecule has 3 aliphatic rings. The fourth-order valence-electron chi connectivity index (χ4n) is 6.61. The van der Waals surface area contributed by atoms with Crippen LogP contribution < -0.4 is 5.32 Å². The molecular formula is C30H40N2O4S. The SMILES string of the molecule is O=C(O)CCc1ccc(CC2C3CCC(O3)C2c2nc(C(=S)NCCCCC3CCCCC3)co2)cc1. The van der Waals surface area contributed by atoms with E-state index in [2.05, 4.69) is 17.4 Å². The molecule has 0 radical (unpaired) electrons. The van der Waals surface area contributed by atoms with Crippen molar-refractivity contribution in [2.75, 3.05) is 6.54 Å². The van der Waals surface area contributed by atoms with Crippen LogP contribution in [0.15, 0.2) is 34.9 Å². The van der Waals surface area contributed by atoms with Crippen molar-refractivity contribution >= 4 is 23.2 Å². The summed E-state index contributed by atoms with van der Waals surface area (Å²) in [5, 5.41) is 12.3. The number of unbranched alkanes of at least 4 members (excludes halogenated alkanes) is 1. The van der Waals surface area contributed by atoms with E-state index in [0.717, 1.165) is 55.3 Å². The summed E-state index contributed by atoms with van der Waals surface area (Å²) >= 11 is 5.63. The Hall–Kier alpha value is -2.25. The van der Waals surface area contributed by atoms with Gasteiger partial charge in [0.05, 0.1) is 18.1 Å². The molecule has 4 unspecified atom stereocenters. The van der Waals surface area contributed by atoms with Gasteiger partial charge in [0.2, 0.25) is 5.89 Å². The van der Waals surface area contributed by atoms with Crippen molar-refractivity contribution < 1.29 is 19.1 Å². The number of thiocarbonyl (C=S) groups is 1. The summed E-state index contributed by atoms with van der Waals surface area (Å²) in [7, 11) is 0. The van der Waals surface area contributed by atoms with Crippen molar-refractivity contribution in [2.24, 2.45) is 11.8 Å². The maximum Gasteiger partial charge on any atom is 0.303 e. The van der Waals surface area contributed by atoms with Crippen LogP contribution in [0.25, 0.3) is 0 Å². The van der Waals surface area contributed by atoms with Crippen LogP contribution >= 0.6 is 12.2 Å². The first-order chi connectivity index (χ1) is 18.1. The number of fused-ring (bicyclic) bond motifs is 2. The van der Waals surface area contributed by atoms with Gasteiger partial charge in [-0.25, -0.2) is 4.98 Å². The smallest absolute Gasteiger partial charge is 0.303 e. The molecule has 6 nitrogen and oxygen atoms in total. The monoisotopic (exact) mass is 524 g/mol. The third kappa shape index (κ3) is 6.80. The summed E-state index contributed by atoms with van der Waals surface area (Å²) in [5.41, 5.74) is 3.02. The van der Waals surface area contributed by atoms with Gasteiger partial charge < -0.3 is 19.6 Å². The van der Waals surface area contributed by atoms with Crippen LogP contribution in [-0.4, -0.2) is 39.8 Å². The molecule has 2 N–H and O–H groups in total. The van der Waals surface area contributed by atoms with E-state index in [4.69, 9.17) is 31.5 Å². The minimum atomic E-state index is -0.763. The third-order valence-corrected chi connectivity index (χ3v) is 8.99. The molecular weight excluding hydrogens is 484 g/mol. The Morgan fingerprint density at radius 1 is 1.03 bits per heavy atom. The molecule has 4 atom stereocenters. The van der Waals surface area contributed by atoms with Crippen molar-refractivity contribution in [3.05, 3.63) is 53.2 Å². The second-order valence-corrected chi connectivity index (χ2v) is 11.6. The summed E-state index contributed by atoms with van der Waals surface area (Å²) < 4.78 is 12.3. The van der Waals surface area contributed by atoms with Crippen LogP contribution in [0.1, 0.15) is 99.3 Å². The fraction of sp³-hybridized carbons (Fsp3) is 0.633. The van der Waals surface area contributed by atoms with E-state index in [1.165, 1.54) is 50.5 Å². The summed E-state index contributed by atoms with van der Waals surface area (Å²) in [6, 6.07) is 8.33. The fourth-order valence-corrected chi connectivity index (χ4v) is 6.81. The van der Waals surface area contributed by atoms with Crippen molar-refractivity contribution in [2.45, 2.75) is 102 Å². The van der Waals surface area contributed by atoms with Gasteiger partial charge in [-0.15, -0.1) is 0 Å². The quantitative estimate of drug-likeness (QED) is 0.252. The minimum Gasteiger partial charge on any atom is -0.481 e. The predicted octanol–water partition coefficient (Wildman–Crippen LogP) is 6.21. The molecule has 1 aromatic carbocycles. The summed E-state index contributed by atoms with van der Waals surface area (Å²) in [4.78, 5) is 16.3. The Balaban J connectivity index is 1.13. The molecule has 200 valence electrons. The number of aryl methyl sites for hydroxylation is 1. The zero-order chi connectivity index (χ0) is 25.6. The Labute approximate surface area is 225 Å². The van der Waals surface area contributed by atoms with Crippen molar-refractivity contribution in [1.29, 1.82) is 0 Å². The molecule has 1 saturated carbocycles. The van der Waals surface area contributed by atoms with Crippen LogP contribution in [0, 0.1) is 11.8 Å². The number of ether oxygens (including phenoxy) is 1. The highest BCUT2D eigenvalue weighted by molar-refractivity contribution is 7.80. The maximum absolute atomic E-state index is 10.8. The van der Waals surface area contributed by atoms with E-state index in [1.54, 1.807) is 6.26 Å². The predicted molar refractivity (Wildman–Crippen MR) is 147 cm³/mol. The van der Waals surface area contributed by atoms with Gasteiger partial charge in [-0.1, -0.05) is 81.4 Å². The summed E-state index contributed by atoms with van der Waals surface area (Å²) in [6.45, 7) is 0.885. The number of hydrogen-bond donors (Lipinski definition) is 2. The largest absolute Gasteiger partial charge is 0.481 e. The third-order valence-electron chi connectivity index (χ3n) is 8.64. The number of carboxylic acids is 1. The highest BCUT2D eigenvalue weighted by atomic mass is 32.1. The first kappa shape index (κ1) is 26.4. The Morgan fingerprint density at radius 3 is 2.57 bits per heavy atom. The zero-order valence-electron chi connectivity index (χ0n) is 21.7. The molecule has 2 aliphatic heterocycles. The topological polar surface area (TPSA) is 84.6 Å². The number of benzene rings is 1. The molecule has 2 saturated heterocycles. The molecule has 2 bridgehead atoms. The van der Waals surface area contributed by atoms with E-state index in [-0.39, 0.29) is 24.5 Å². The summed E-state index contributed by atoms with van der Waals surface area (Å²) in [6.07, 6.45) is 16.6. The number of rotatable bonds is 12. The van der Waals surface area contributed by atoms with Gasteiger partial charge in [-0.3, -0.25) is 4.79 Å². The lowest BCUT2D eigenvalue weighted by molar-refractivity contribution is -0.136. The zero-order valence-corrected chi connectivity index (χ0v) is 22.5. The first-order valence-corrected chi connectivity index (χ1v) is 14.7. The second kappa shape index (κ2) is 12.5. The van der Waals surface area contributed by atoms with Gasteiger partial charge in [-0.2, -0.15) is 0 Å². The number of carboxylic acid groups (broad SMARTS) is 1. The van der Waals surface area contributed by atoms with E-state index >= 15 is 0 Å². The highest BCUT2D eigenvalue weighted by Gasteiger charge is 2.51. The van der Waals surface area contributed by atoms with Gasteiger partial charge in [-0.05, 0) is 49.1 Å². The lowest BCUT2D eigenvalue weighted by Gasteiger charge is -2.25. The molecule has 1 aromatic heterocycles. The average molecular weight is 525 g/mol. The molecule has 2 aromatic rings. The molecule has 3 heterocycles. The van der Waals surface area contributed by atoms with Gasteiger partial charge in [0.1, 0.15) is 16.9 Å². The highest BCUT2D eigenvalue weighted by Crippen LogP contribution is 2.49. The molecule has 5 rings (SSSR count). The maximum atomic E-state index is 10.8. The van der Waals surface area contributed by atoms with E-state index in [0.29, 0.717) is 17.3 Å². The van der Waals surface area contributed by atoms with Crippen LogP contribution in [0.4, 0.5) is 0 Å². The van der Waals surface area contributed by atoms with E-state index in [9.17, 15) is 4.79 Å². The number of oxazole rings is 1. The van der Waals surface area contributed by atoms with Crippen molar-refractivity contribution in [3.63, 3.8) is 0 Å². The molecule has 3 fully saturated rings. The number of nitrogens with zero attached hydrogens (tertiary/aromatic N) is 1. The normalized spacial score (nSPS) is 25.4. The number of aromatic nitrogens is 1. The van der Waals surface area contributed by atoms with Gasteiger partial charge in [0.15, 0.2) is 0 Å². The van der Waals surface area contributed by atoms with Gasteiger partial charge in [0.25, 0.3) is 0 Å². The number of aliphatic carboxylic acids is 1. The number of carbonyl (C=O) groups is 1. The van der Waals surface area contributed by atoms with E-state index in [1.807, 2.05) is 12.1 Å². The molecule has 37 heavy (non-hydrogen) atoms. The molecule has 7 heteroatoms. The van der Waals surface area contributed by atoms with Gasteiger partial charge in [0, 0.05) is 18.9 Å². The van der Waals surface area contributed by atoms with Crippen LogP contribution in [0.5, 0.6) is 0 Å². The Bertz CT molecular complexity index is 1050. The minimum absolute atomic E-state index is 0.137. The van der Waals surface area contributed by atoms with Crippen LogP contribution in [0.2, 0.25) is 0 Å². The second-order valence-electron chi connectivity index (χ2n) is 11.2. The van der Waals surface area contributed by atoms with E-state index < -0.39 is 5.97 Å². The standard InChI is InChI=1S/C30H40N2O4S/c33-27(34)16-13-21-9-11-22(12-10-21)18-23-25-14-15-26(36-25)28(23)29-32-24(19-35-29)30(37)31-17-5-4-8-20-6-2-1-3-7-20/h9-12,19-20,23,25-26,28H,1-8,13-18H2,(H,31,37)(H,33,34). The lowest BCUT2D eigenvalue weighted by Crippen LogP contribution is -2.28. The number of nitrogens with one attached hydrogen (secondary N) is 1. The molecule has 1 aliphatic carbocycles. The lowest BCUT2D eigenvalue weighted by atomic mass is 9.76. The summed E-state index contributed by atoms with van der Waals surface area (Å²) in [5.74, 6) is 1.37. The van der Waals surface area contributed by atoms with Gasteiger partial charge >= 0.3 is 5.97 Å². The van der Waals surface area contributed by atoms with Crippen molar-refractivity contribution in [1.82, 2.24) is 10.3 Å². The molecule has 0 spiro atoms. The van der Waals surface area contributed by atoms with Crippen LogP contribution in [0.3, 0.4) is 0 Å². The van der Waals surface area contributed by atoms with Crippen LogP contribution in [-0.2, 0) is 22.4 Å². The molecule has 0 amide bonds.